The van der Waals surface area contributed by atoms with E-state index >= 15 is 0 Å². The Hall–Kier alpha value is -2.69. The van der Waals surface area contributed by atoms with Crippen molar-refractivity contribution in [2.24, 2.45) is 5.92 Å². The van der Waals surface area contributed by atoms with Gasteiger partial charge in [-0.1, -0.05) is 20.4 Å². The van der Waals surface area contributed by atoms with Crippen LogP contribution in [0.5, 0.6) is 0 Å². The fraction of sp³-hybridized carbons (Fsp3) is 0.316. The first-order valence-electron chi connectivity index (χ1n) is 7.95. The lowest BCUT2D eigenvalue weighted by Crippen LogP contribution is -2.39. The highest BCUT2D eigenvalue weighted by atomic mass is 16.1. The van der Waals surface area contributed by atoms with E-state index in [2.05, 4.69) is 11.9 Å². The molecule has 1 aromatic heterocycles. The number of nitrogens with zero attached hydrogens (tertiary/aromatic N) is 1. The minimum atomic E-state index is -0.324. The van der Waals surface area contributed by atoms with E-state index in [1.807, 2.05) is 13.8 Å². The Labute approximate surface area is 140 Å². The summed E-state index contributed by atoms with van der Waals surface area (Å²) in [5, 5.41) is 2.91. The minimum absolute atomic E-state index is 0.170. The van der Waals surface area contributed by atoms with Gasteiger partial charge in [0.1, 0.15) is 11.4 Å². The van der Waals surface area contributed by atoms with Crippen LogP contribution in [0.2, 0.25) is 0 Å². The molecule has 124 valence electrons. The number of pyridine rings is 1. The van der Waals surface area contributed by atoms with Crippen molar-refractivity contribution in [1.82, 2.24) is 9.88 Å². The third kappa shape index (κ3) is 2.28. The summed E-state index contributed by atoms with van der Waals surface area (Å²) >= 11 is 0. The normalized spacial score (nSPS) is 16.9. The van der Waals surface area contributed by atoms with E-state index < -0.39 is 0 Å². The van der Waals surface area contributed by atoms with Crippen LogP contribution in [0.4, 0.5) is 0 Å². The average Bonchev–Trinajstić information content (AvgIpc) is 2.46. The second kappa shape index (κ2) is 5.44. The molecule has 0 atom stereocenters. The summed E-state index contributed by atoms with van der Waals surface area (Å²) < 4.78 is 1.43. The summed E-state index contributed by atoms with van der Waals surface area (Å²) in [6.07, 6.45) is 1.74. The molecule has 1 aromatic rings. The number of hydrogen-bond acceptors (Lipinski definition) is 4. The lowest BCUT2D eigenvalue weighted by Gasteiger charge is -2.29. The summed E-state index contributed by atoms with van der Waals surface area (Å²) in [5.41, 5.74) is 2.66. The predicted octanol–water partition coefficient (Wildman–Crippen LogP) is 2.51. The number of fused-ring (bicyclic) bond motifs is 1. The lowest BCUT2D eigenvalue weighted by atomic mass is 9.82. The Morgan fingerprint density at radius 1 is 1.17 bits per heavy atom. The van der Waals surface area contributed by atoms with Gasteiger partial charge in [0, 0.05) is 18.3 Å². The van der Waals surface area contributed by atoms with Gasteiger partial charge in [-0.3, -0.25) is 14.4 Å². The molecule has 5 heteroatoms. The second-order valence-corrected chi connectivity index (χ2v) is 6.78. The third-order valence-electron chi connectivity index (χ3n) is 4.27. The molecule has 0 saturated heterocycles. The van der Waals surface area contributed by atoms with Crippen molar-refractivity contribution >= 4 is 11.6 Å². The molecule has 1 N–H and O–H groups in total. The van der Waals surface area contributed by atoms with Gasteiger partial charge in [0.2, 0.25) is 5.78 Å². The van der Waals surface area contributed by atoms with E-state index in [4.69, 9.17) is 0 Å². The zero-order valence-electron chi connectivity index (χ0n) is 14.3. The molecule has 0 aromatic carbocycles. The number of allylic oxidation sites excluding steroid dienone is 4. The van der Waals surface area contributed by atoms with E-state index in [0.29, 0.717) is 34.5 Å². The van der Waals surface area contributed by atoms with Crippen LogP contribution >= 0.6 is 0 Å². The van der Waals surface area contributed by atoms with E-state index in [9.17, 15) is 14.4 Å². The number of nitrogens with one attached hydrogen (secondary N) is 1. The van der Waals surface area contributed by atoms with Crippen LogP contribution in [0, 0.1) is 12.8 Å². The summed E-state index contributed by atoms with van der Waals surface area (Å²) in [4.78, 5) is 38.6. The van der Waals surface area contributed by atoms with Crippen molar-refractivity contribution in [3.63, 3.8) is 0 Å². The molecule has 3 rings (SSSR count). The smallest absolute Gasteiger partial charge is 0.251 e. The SMILES string of the molecule is C=C1C=C(C)C2=C(N1)C(=O)c1c(c(C)cc(=O)n1CC(C)C)C2=O. The highest BCUT2D eigenvalue weighted by Crippen LogP contribution is 2.33. The van der Waals surface area contributed by atoms with Gasteiger partial charge >= 0.3 is 0 Å². The highest BCUT2D eigenvalue weighted by Gasteiger charge is 2.38. The van der Waals surface area contributed by atoms with Crippen molar-refractivity contribution in [2.75, 3.05) is 0 Å². The molecule has 2 heterocycles. The number of carbonyl (C=O) groups is 2. The van der Waals surface area contributed by atoms with Crippen LogP contribution in [0.1, 0.15) is 47.2 Å². The molecule has 0 radical (unpaired) electrons. The Morgan fingerprint density at radius 2 is 1.83 bits per heavy atom. The highest BCUT2D eigenvalue weighted by molar-refractivity contribution is 6.28. The maximum absolute atomic E-state index is 13.1. The molecule has 0 saturated carbocycles. The Morgan fingerprint density at radius 3 is 2.46 bits per heavy atom. The van der Waals surface area contributed by atoms with Gasteiger partial charge in [0.15, 0.2) is 5.78 Å². The van der Waals surface area contributed by atoms with Crippen LogP contribution in [0.25, 0.3) is 0 Å². The maximum Gasteiger partial charge on any atom is 0.251 e. The molecular weight excluding hydrogens is 304 g/mol. The number of carbonyl (C=O) groups excluding carboxylic acids is 2. The summed E-state index contributed by atoms with van der Waals surface area (Å²) in [5.74, 6) is -0.373. The molecule has 2 aliphatic rings. The Kier molecular flexibility index (Phi) is 3.67. The molecule has 0 unspecified atom stereocenters. The molecule has 1 aliphatic heterocycles. The number of Topliss-reactive ketones (excluding diaryl/α,β-unsaturated/α-hetero) is 2. The van der Waals surface area contributed by atoms with Crippen LogP contribution in [0.3, 0.4) is 0 Å². The average molecular weight is 324 g/mol. The zero-order valence-corrected chi connectivity index (χ0v) is 14.3. The van der Waals surface area contributed by atoms with Crippen LogP contribution in [0.15, 0.2) is 46.1 Å². The molecular formula is C19H20N2O3. The second-order valence-electron chi connectivity index (χ2n) is 6.78. The first kappa shape index (κ1) is 16.2. The maximum atomic E-state index is 13.1. The van der Waals surface area contributed by atoms with E-state index in [1.165, 1.54) is 10.6 Å². The van der Waals surface area contributed by atoms with E-state index in [1.54, 1.807) is 19.9 Å². The zero-order chi connectivity index (χ0) is 17.8. The summed E-state index contributed by atoms with van der Waals surface area (Å²) in [6.45, 7) is 11.6. The molecule has 0 amide bonds. The number of aryl methyl sites for hydroxylation is 1. The molecule has 24 heavy (non-hydrogen) atoms. The van der Waals surface area contributed by atoms with Crippen molar-refractivity contribution in [3.8, 4) is 0 Å². The van der Waals surface area contributed by atoms with Crippen LogP contribution < -0.4 is 10.9 Å². The standard InChI is InChI=1S/C19H20N2O3/c1-9(2)8-21-13(22)7-11(4)15-17(21)19(24)16-14(18(15)23)10(3)6-12(5)20-16/h6-7,9,20H,5,8H2,1-4H3. The topological polar surface area (TPSA) is 68.2 Å². The number of rotatable bonds is 2. The number of hydrogen-bond donors (Lipinski definition) is 1. The van der Waals surface area contributed by atoms with Gasteiger partial charge in [0.25, 0.3) is 5.56 Å². The van der Waals surface area contributed by atoms with Gasteiger partial charge in [-0.15, -0.1) is 0 Å². The summed E-state index contributed by atoms with van der Waals surface area (Å²) in [7, 11) is 0. The minimum Gasteiger partial charge on any atom is -0.352 e. The molecule has 5 nitrogen and oxygen atoms in total. The first-order valence-corrected chi connectivity index (χ1v) is 7.95. The first-order chi connectivity index (χ1) is 11.2. The molecule has 0 spiro atoms. The number of dihydropyridines is 1. The molecule has 0 bridgehead atoms. The van der Waals surface area contributed by atoms with E-state index in [0.717, 1.165) is 0 Å². The van der Waals surface area contributed by atoms with Crippen molar-refractivity contribution in [2.45, 2.75) is 34.2 Å². The Bertz CT molecular complexity index is 927. The number of ketones is 2. The van der Waals surface area contributed by atoms with Gasteiger partial charge < -0.3 is 9.88 Å². The fourth-order valence-electron chi connectivity index (χ4n) is 3.33. The molecule has 1 aliphatic carbocycles. The van der Waals surface area contributed by atoms with Crippen molar-refractivity contribution in [1.29, 1.82) is 0 Å². The lowest BCUT2D eigenvalue weighted by molar-refractivity contribution is 0.0960. The monoisotopic (exact) mass is 324 g/mol. The molecule has 0 fully saturated rings. The van der Waals surface area contributed by atoms with Gasteiger partial charge in [-0.05, 0) is 37.0 Å². The van der Waals surface area contributed by atoms with E-state index in [-0.39, 0.29) is 34.4 Å². The van der Waals surface area contributed by atoms with Gasteiger partial charge in [0.05, 0.1) is 11.1 Å². The fourth-order valence-corrected chi connectivity index (χ4v) is 3.33. The van der Waals surface area contributed by atoms with Crippen LogP contribution in [-0.2, 0) is 6.54 Å². The largest absolute Gasteiger partial charge is 0.352 e. The van der Waals surface area contributed by atoms with Gasteiger partial charge in [-0.2, -0.15) is 0 Å². The quantitative estimate of drug-likeness (QED) is 0.907. The van der Waals surface area contributed by atoms with Crippen LogP contribution in [-0.4, -0.2) is 16.1 Å². The van der Waals surface area contributed by atoms with Crippen molar-refractivity contribution in [3.05, 3.63) is 68.4 Å². The van der Waals surface area contributed by atoms with Gasteiger partial charge in [-0.25, -0.2) is 0 Å². The Balaban J connectivity index is 2.34. The van der Waals surface area contributed by atoms with Crippen molar-refractivity contribution < 1.29 is 9.59 Å². The predicted molar refractivity (Wildman–Crippen MR) is 92.0 cm³/mol. The summed E-state index contributed by atoms with van der Waals surface area (Å²) in [6, 6.07) is 1.44. The third-order valence-corrected chi connectivity index (χ3v) is 4.27. The number of aromatic nitrogens is 1.